The van der Waals surface area contributed by atoms with Crippen molar-refractivity contribution >= 4 is 22.8 Å². The Kier molecular flexibility index (Phi) is 7.43. The number of piperazine rings is 1. The molecule has 1 aromatic carbocycles. The lowest BCUT2D eigenvalue weighted by molar-refractivity contribution is 0.0417. The van der Waals surface area contributed by atoms with Crippen molar-refractivity contribution in [3.8, 4) is 11.3 Å². The normalized spacial score (nSPS) is 18.4. The van der Waals surface area contributed by atoms with E-state index in [1.165, 1.54) is 6.07 Å². The molecule has 40 heavy (non-hydrogen) atoms. The van der Waals surface area contributed by atoms with Crippen LogP contribution in [0.4, 0.5) is 20.5 Å². The highest BCUT2D eigenvalue weighted by atomic mass is 19.1. The summed E-state index contributed by atoms with van der Waals surface area (Å²) >= 11 is 0. The molecule has 0 amide bonds. The van der Waals surface area contributed by atoms with E-state index in [2.05, 4.69) is 55.8 Å². The summed E-state index contributed by atoms with van der Waals surface area (Å²) in [5.74, 6) is 0.467. The summed E-state index contributed by atoms with van der Waals surface area (Å²) in [6.45, 7) is 13.4. The Labute approximate surface area is 232 Å². The first-order chi connectivity index (χ1) is 19.4. The van der Waals surface area contributed by atoms with Crippen molar-refractivity contribution in [2.24, 2.45) is 5.92 Å². The highest BCUT2D eigenvalue weighted by Gasteiger charge is 2.28. The zero-order chi connectivity index (χ0) is 27.8. The summed E-state index contributed by atoms with van der Waals surface area (Å²) in [6.07, 6.45) is 2.92. The average Bonchev–Trinajstić information content (AvgIpc) is 3.35. The van der Waals surface area contributed by atoms with Gasteiger partial charge < -0.3 is 19.5 Å². The van der Waals surface area contributed by atoms with Gasteiger partial charge in [0.05, 0.1) is 24.4 Å². The number of halogens is 2. The molecule has 2 aliphatic rings. The summed E-state index contributed by atoms with van der Waals surface area (Å²) in [6, 6.07) is 6.91. The number of hydrogen-bond acceptors (Lipinski definition) is 8. The number of rotatable bonds is 7. The third kappa shape index (κ3) is 5.28. The van der Waals surface area contributed by atoms with E-state index in [0.717, 1.165) is 51.0 Å². The maximum atomic E-state index is 15.3. The van der Waals surface area contributed by atoms with Gasteiger partial charge in [-0.3, -0.25) is 4.90 Å². The predicted octanol–water partition coefficient (Wildman–Crippen LogP) is 4.77. The van der Waals surface area contributed by atoms with Crippen LogP contribution in [0.15, 0.2) is 36.7 Å². The molecular formula is C29H34F2N8O. The number of hydrogen-bond donors (Lipinski definition) is 1. The fourth-order valence-electron chi connectivity index (χ4n) is 5.50. The molecule has 1 atom stereocenters. The van der Waals surface area contributed by atoms with Crippen molar-refractivity contribution in [3.05, 3.63) is 59.7 Å². The van der Waals surface area contributed by atoms with Crippen LogP contribution in [0.5, 0.6) is 0 Å². The summed E-state index contributed by atoms with van der Waals surface area (Å²) in [7, 11) is 0. The molecule has 1 saturated heterocycles. The molecule has 210 valence electrons. The molecule has 0 bridgehead atoms. The maximum Gasteiger partial charge on any atom is 0.229 e. The highest BCUT2D eigenvalue weighted by molar-refractivity contribution is 5.83. The van der Waals surface area contributed by atoms with Crippen molar-refractivity contribution in [3.63, 3.8) is 0 Å². The van der Waals surface area contributed by atoms with Gasteiger partial charge >= 0.3 is 0 Å². The molecule has 0 aliphatic carbocycles. The van der Waals surface area contributed by atoms with E-state index in [1.807, 2.05) is 22.9 Å². The van der Waals surface area contributed by atoms with Crippen LogP contribution in [0.1, 0.15) is 38.2 Å². The molecule has 11 heteroatoms. The maximum absolute atomic E-state index is 15.3. The van der Waals surface area contributed by atoms with Gasteiger partial charge in [0.25, 0.3) is 0 Å². The summed E-state index contributed by atoms with van der Waals surface area (Å²) in [5, 5.41) is 3.06. The monoisotopic (exact) mass is 548 g/mol. The van der Waals surface area contributed by atoms with Crippen molar-refractivity contribution in [1.82, 2.24) is 34.3 Å². The molecule has 9 nitrogen and oxygen atoms in total. The van der Waals surface area contributed by atoms with Gasteiger partial charge in [0.15, 0.2) is 11.6 Å². The van der Waals surface area contributed by atoms with Crippen molar-refractivity contribution in [1.29, 1.82) is 0 Å². The van der Waals surface area contributed by atoms with Crippen molar-refractivity contribution in [2.75, 3.05) is 44.6 Å². The Morgan fingerprint density at radius 2 is 1.80 bits per heavy atom. The first-order valence-electron chi connectivity index (χ1n) is 13.9. The molecule has 0 spiro atoms. The van der Waals surface area contributed by atoms with Gasteiger partial charge in [0.1, 0.15) is 29.5 Å². The Balaban J connectivity index is 1.23. The number of likely N-dealkylation sites (N-methyl/N-ethyl adjacent to an activating group) is 1. The van der Waals surface area contributed by atoms with Crippen LogP contribution >= 0.6 is 0 Å². The lowest BCUT2D eigenvalue weighted by Gasteiger charge is -2.33. The van der Waals surface area contributed by atoms with E-state index in [4.69, 9.17) is 4.74 Å². The third-order valence-corrected chi connectivity index (χ3v) is 7.84. The number of imidazole rings is 1. The second-order valence-electron chi connectivity index (χ2n) is 10.8. The molecular weight excluding hydrogens is 514 g/mol. The number of aromatic nitrogens is 5. The minimum Gasteiger partial charge on any atom is -0.371 e. The number of ether oxygens (including phenoxy) is 1. The molecule has 6 rings (SSSR count). The van der Waals surface area contributed by atoms with Gasteiger partial charge in [0, 0.05) is 44.5 Å². The standard InChI is InChI=1S/C29H34F2N8O/c1-4-37-7-9-38(10-8-37)15-19-5-6-25(32-13-19)34-29-33-14-22(31)27(36-29)20-11-21(30)28-23(12-20)39-24(18(2)3)16-40-17-26(39)35-28/h5-6,11-14,18,24H,4,7-10,15-17H2,1-3H3,(H,32,33,34,36). The van der Waals surface area contributed by atoms with E-state index in [-0.39, 0.29) is 29.1 Å². The topological polar surface area (TPSA) is 84.2 Å². The summed E-state index contributed by atoms with van der Waals surface area (Å²) < 4.78 is 37.9. The largest absolute Gasteiger partial charge is 0.371 e. The molecule has 5 heterocycles. The van der Waals surface area contributed by atoms with Gasteiger partial charge in [-0.1, -0.05) is 26.8 Å². The van der Waals surface area contributed by atoms with E-state index >= 15 is 4.39 Å². The molecule has 4 aromatic rings. The SMILES string of the molecule is CCN1CCN(Cc2ccc(Nc3ncc(F)c(-c4cc(F)c5nc6n(c5c4)C(C(C)C)COC6)n3)nc2)CC1. The summed E-state index contributed by atoms with van der Waals surface area (Å²) in [5.41, 5.74) is 2.29. The first kappa shape index (κ1) is 26.7. The smallest absolute Gasteiger partial charge is 0.229 e. The number of benzene rings is 1. The van der Waals surface area contributed by atoms with E-state index < -0.39 is 11.6 Å². The van der Waals surface area contributed by atoms with Crippen LogP contribution in [0.3, 0.4) is 0 Å². The third-order valence-electron chi connectivity index (χ3n) is 7.84. The van der Waals surface area contributed by atoms with Crippen LogP contribution < -0.4 is 5.32 Å². The fourth-order valence-corrected chi connectivity index (χ4v) is 5.50. The highest BCUT2D eigenvalue weighted by Crippen LogP contribution is 2.34. The van der Waals surface area contributed by atoms with E-state index in [9.17, 15) is 4.39 Å². The zero-order valence-electron chi connectivity index (χ0n) is 23.1. The fraction of sp³-hybridized carbons (Fsp3) is 0.448. The molecule has 3 aromatic heterocycles. The lowest BCUT2D eigenvalue weighted by atomic mass is 10.0. The minimum absolute atomic E-state index is 0.00449. The minimum atomic E-state index is -0.641. The Morgan fingerprint density at radius 1 is 1.00 bits per heavy atom. The average molecular weight is 549 g/mol. The number of anilines is 2. The quantitative estimate of drug-likeness (QED) is 0.354. The van der Waals surface area contributed by atoms with Gasteiger partial charge in [-0.25, -0.2) is 28.7 Å². The van der Waals surface area contributed by atoms with E-state index in [0.29, 0.717) is 35.9 Å². The first-order valence-corrected chi connectivity index (χ1v) is 13.9. The molecule has 1 fully saturated rings. The van der Waals surface area contributed by atoms with Gasteiger partial charge in [-0.15, -0.1) is 0 Å². The van der Waals surface area contributed by atoms with Gasteiger partial charge in [-0.05, 0) is 36.2 Å². The number of pyridine rings is 1. The Bertz CT molecular complexity index is 1500. The second-order valence-corrected chi connectivity index (χ2v) is 10.8. The Morgan fingerprint density at radius 3 is 2.52 bits per heavy atom. The number of fused-ring (bicyclic) bond motifs is 3. The van der Waals surface area contributed by atoms with Crippen LogP contribution in [-0.4, -0.2) is 73.6 Å². The van der Waals surface area contributed by atoms with Crippen LogP contribution in [0, 0.1) is 17.6 Å². The van der Waals surface area contributed by atoms with Crippen LogP contribution in [-0.2, 0) is 17.9 Å². The Hall–Kier alpha value is -3.54. The zero-order valence-corrected chi connectivity index (χ0v) is 23.1. The summed E-state index contributed by atoms with van der Waals surface area (Å²) in [4.78, 5) is 22.4. The molecule has 1 unspecified atom stereocenters. The number of nitrogens with one attached hydrogen (secondary N) is 1. The van der Waals surface area contributed by atoms with Crippen molar-refractivity contribution in [2.45, 2.75) is 40.0 Å². The van der Waals surface area contributed by atoms with Gasteiger partial charge in [0.2, 0.25) is 5.95 Å². The van der Waals surface area contributed by atoms with Gasteiger partial charge in [-0.2, -0.15) is 0 Å². The van der Waals surface area contributed by atoms with E-state index in [1.54, 1.807) is 6.07 Å². The lowest BCUT2D eigenvalue weighted by Crippen LogP contribution is -2.45. The van der Waals surface area contributed by atoms with Crippen LogP contribution in [0.25, 0.3) is 22.3 Å². The predicted molar refractivity (Wildman–Crippen MR) is 149 cm³/mol. The molecule has 2 aliphatic heterocycles. The molecule has 0 saturated carbocycles. The second kappa shape index (κ2) is 11.1. The van der Waals surface area contributed by atoms with Crippen LogP contribution in [0.2, 0.25) is 0 Å². The van der Waals surface area contributed by atoms with Crippen molar-refractivity contribution < 1.29 is 13.5 Å². The molecule has 1 N–H and O–H groups in total. The number of nitrogens with zero attached hydrogens (tertiary/aromatic N) is 7. The molecule has 0 radical (unpaired) electrons.